The van der Waals surface area contributed by atoms with E-state index in [0.717, 1.165) is 4.31 Å². The van der Waals surface area contributed by atoms with E-state index >= 15 is 0 Å². The van der Waals surface area contributed by atoms with Gasteiger partial charge in [-0.1, -0.05) is 12.1 Å². The predicted molar refractivity (Wildman–Crippen MR) is 90.1 cm³/mol. The zero-order chi connectivity index (χ0) is 18.0. The molecule has 2 heterocycles. The smallest absolute Gasteiger partial charge is 0.245 e. The van der Waals surface area contributed by atoms with E-state index in [1.807, 2.05) is 0 Å². The van der Waals surface area contributed by atoms with Crippen molar-refractivity contribution in [1.29, 1.82) is 0 Å². The maximum absolute atomic E-state index is 13.1. The molecule has 7 nitrogen and oxygen atoms in total. The van der Waals surface area contributed by atoms with Gasteiger partial charge in [0, 0.05) is 13.3 Å². The first kappa shape index (κ1) is 17.3. The molecule has 1 aromatic carbocycles. The van der Waals surface area contributed by atoms with Crippen molar-refractivity contribution in [3.63, 3.8) is 0 Å². The van der Waals surface area contributed by atoms with Crippen LogP contribution in [0.5, 0.6) is 0 Å². The fraction of sp³-hybridized carbons (Fsp3) is 0.250. The molecule has 132 valence electrons. The minimum Gasteiger partial charge on any atom is -0.376 e. The summed E-state index contributed by atoms with van der Waals surface area (Å²) in [7, 11) is -2.53. The minimum absolute atomic E-state index is 0.163. The Bertz CT molecular complexity index is 887. The molecule has 1 N–H and O–H groups in total. The Labute approximate surface area is 144 Å². The second-order valence-electron chi connectivity index (χ2n) is 5.48. The maximum Gasteiger partial charge on any atom is 0.245 e. The van der Waals surface area contributed by atoms with E-state index in [-0.39, 0.29) is 12.4 Å². The van der Waals surface area contributed by atoms with Crippen LogP contribution < -0.4 is 9.62 Å². The van der Waals surface area contributed by atoms with E-state index < -0.39 is 33.6 Å². The first-order valence-electron chi connectivity index (χ1n) is 7.44. The number of carbonyl (C=O) groups is 1. The number of benzene rings is 1. The zero-order valence-electron chi connectivity index (χ0n) is 13.3. The van der Waals surface area contributed by atoms with Gasteiger partial charge in [-0.15, -0.1) is 0 Å². The molecule has 1 aromatic heterocycles. The average Bonchev–Trinajstić information content (AvgIpc) is 2.59. The minimum atomic E-state index is -3.91. The van der Waals surface area contributed by atoms with Crippen molar-refractivity contribution in [3.8, 4) is 0 Å². The molecule has 1 amide bonds. The Morgan fingerprint density at radius 1 is 1.32 bits per heavy atom. The van der Waals surface area contributed by atoms with Gasteiger partial charge in [-0.2, -0.15) is 0 Å². The molecule has 1 aliphatic heterocycles. The number of ether oxygens (including phenoxy) is 1. The summed E-state index contributed by atoms with van der Waals surface area (Å²) >= 11 is 0. The molecule has 0 aliphatic carbocycles. The lowest BCUT2D eigenvalue weighted by Crippen LogP contribution is -2.44. The number of nitrogens with zero attached hydrogens (tertiary/aromatic N) is 2. The summed E-state index contributed by atoms with van der Waals surface area (Å²) in [5, 5.41) is 2.59. The number of hydrogen-bond donors (Lipinski definition) is 1. The third kappa shape index (κ3) is 3.62. The number of fused-ring (bicyclic) bond motifs is 1. The largest absolute Gasteiger partial charge is 0.376 e. The van der Waals surface area contributed by atoms with Gasteiger partial charge in [0.15, 0.2) is 5.82 Å². The van der Waals surface area contributed by atoms with Gasteiger partial charge in [-0.05, 0) is 29.8 Å². The van der Waals surface area contributed by atoms with Gasteiger partial charge in [0.2, 0.25) is 15.9 Å². The lowest BCUT2D eigenvalue weighted by Gasteiger charge is -2.30. The van der Waals surface area contributed by atoms with Gasteiger partial charge in [0.25, 0.3) is 0 Å². The number of nitrogens with one attached hydrogen (secondary N) is 1. The molecule has 0 bridgehead atoms. The molecule has 0 saturated carbocycles. The number of carbonyl (C=O) groups excluding carboxylic acids is 1. The summed E-state index contributed by atoms with van der Waals surface area (Å²) < 4.78 is 45.0. The molecule has 1 unspecified atom stereocenters. The molecule has 0 saturated heterocycles. The SMILES string of the molecule is COC(CS(=O)(=O)N1CC(=O)Nc2cccnc21)c1ccc(F)cc1. The van der Waals surface area contributed by atoms with Crippen LogP contribution in [-0.4, -0.2) is 38.7 Å². The third-order valence-corrected chi connectivity index (χ3v) is 5.51. The van der Waals surface area contributed by atoms with Gasteiger partial charge in [0.05, 0.1) is 17.5 Å². The summed E-state index contributed by atoms with van der Waals surface area (Å²) in [4.78, 5) is 15.9. The van der Waals surface area contributed by atoms with E-state index in [1.54, 1.807) is 12.1 Å². The Morgan fingerprint density at radius 3 is 2.72 bits per heavy atom. The van der Waals surface area contributed by atoms with Crippen molar-refractivity contribution >= 4 is 27.4 Å². The Hall–Kier alpha value is -2.52. The highest BCUT2D eigenvalue weighted by Crippen LogP contribution is 2.30. The van der Waals surface area contributed by atoms with E-state index in [9.17, 15) is 17.6 Å². The molecule has 2 aromatic rings. The van der Waals surface area contributed by atoms with E-state index in [0.29, 0.717) is 11.3 Å². The highest BCUT2D eigenvalue weighted by atomic mass is 32.2. The van der Waals surface area contributed by atoms with E-state index in [1.165, 1.54) is 37.6 Å². The van der Waals surface area contributed by atoms with Crippen molar-refractivity contribution in [2.75, 3.05) is 29.0 Å². The molecule has 9 heteroatoms. The highest BCUT2D eigenvalue weighted by molar-refractivity contribution is 7.92. The number of halogens is 1. The molecule has 0 fully saturated rings. The second kappa shape index (κ2) is 6.77. The van der Waals surface area contributed by atoms with Crippen molar-refractivity contribution in [2.45, 2.75) is 6.10 Å². The normalized spacial score (nSPS) is 15.4. The first-order valence-corrected chi connectivity index (χ1v) is 9.05. The molecule has 3 rings (SSSR count). The summed E-state index contributed by atoms with van der Waals surface area (Å²) in [5.41, 5.74) is 0.855. The van der Waals surface area contributed by atoms with Gasteiger partial charge < -0.3 is 10.1 Å². The van der Waals surface area contributed by atoms with Crippen LogP contribution >= 0.6 is 0 Å². The molecule has 25 heavy (non-hydrogen) atoms. The topological polar surface area (TPSA) is 88.6 Å². The van der Waals surface area contributed by atoms with Crippen LogP contribution in [0, 0.1) is 5.82 Å². The van der Waals surface area contributed by atoms with E-state index in [2.05, 4.69) is 10.3 Å². The summed E-state index contributed by atoms with van der Waals surface area (Å²) in [6.07, 6.45) is 0.648. The predicted octanol–water partition coefficient (Wildman–Crippen LogP) is 1.70. The number of amides is 1. The van der Waals surface area contributed by atoms with Crippen molar-refractivity contribution < 1.29 is 22.3 Å². The molecule has 0 spiro atoms. The number of hydrogen-bond acceptors (Lipinski definition) is 5. The number of pyridine rings is 1. The van der Waals surface area contributed by atoms with Gasteiger partial charge in [0.1, 0.15) is 12.4 Å². The van der Waals surface area contributed by atoms with Crippen molar-refractivity contribution in [2.24, 2.45) is 0 Å². The number of rotatable bonds is 5. The van der Waals surface area contributed by atoms with Crippen molar-refractivity contribution in [1.82, 2.24) is 4.98 Å². The van der Waals surface area contributed by atoms with Crippen LogP contribution in [0.2, 0.25) is 0 Å². The highest BCUT2D eigenvalue weighted by Gasteiger charge is 2.34. The standard InChI is InChI=1S/C16H16FN3O4S/c1-24-14(11-4-6-12(17)7-5-11)10-25(22,23)20-9-15(21)19-13-3-2-8-18-16(13)20/h2-8,14H,9-10H2,1H3,(H,19,21). The van der Waals surface area contributed by atoms with Crippen LogP contribution in [-0.2, 0) is 19.6 Å². The quantitative estimate of drug-likeness (QED) is 0.871. The molecule has 0 radical (unpaired) electrons. The molecule has 1 aliphatic rings. The fourth-order valence-corrected chi connectivity index (χ4v) is 4.19. The van der Waals surface area contributed by atoms with Crippen LogP contribution in [0.15, 0.2) is 42.6 Å². The van der Waals surface area contributed by atoms with E-state index in [4.69, 9.17) is 4.74 Å². The maximum atomic E-state index is 13.1. The Kier molecular flexibility index (Phi) is 4.69. The van der Waals surface area contributed by atoms with Crippen LogP contribution in [0.25, 0.3) is 0 Å². The third-order valence-electron chi connectivity index (χ3n) is 3.81. The zero-order valence-corrected chi connectivity index (χ0v) is 14.2. The summed E-state index contributed by atoms with van der Waals surface area (Å²) in [6.45, 7) is -0.355. The monoisotopic (exact) mass is 365 g/mol. The molecule has 1 atom stereocenters. The van der Waals surface area contributed by atoms with Crippen LogP contribution in [0.3, 0.4) is 0 Å². The van der Waals surface area contributed by atoms with Crippen molar-refractivity contribution in [3.05, 3.63) is 54.0 Å². The fourth-order valence-electron chi connectivity index (χ4n) is 2.58. The molecular weight excluding hydrogens is 349 g/mol. The lowest BCUT2D eigenvalue weighted by molar-refractivity contribution is -0.115. The Balaban J connectivity index is 1.91. The first-order chi connectivity index (χ1) is 11.9. The number of aromatic nitrogens is 1. The average molecular weight is 365 g/mol. The van der Waals surface area contributed by atoms with Gasteiger partial charge >= 0.3 is 0 Å². The van der Waals surface area contributed by atoms with Gasteiger partial charge in [-0.25, -0.2) is 22.1 Å². The van der Waals surface area contributed by atoms with Gasteiger partial charge in [-0.3, -0.25) is 4.79 Å². The second-order valence-corrected chi connectivity index (χ2v) is 7.42. The number of sulfonamides is 1. The molecular formula is C16H16FN3O4S. The number of methoxy groups -OCH3 is 1. The van der Waals surface area contributed by atoms with Crippen LogP contribution in [0.4, 0.5) is 15.9 Å². The summed E-state index contributed by atoms with van der Waals surface area (Å²) in [6, 6.07) is 8.59. The lowest BCUT2D eigenvalue weighted by atomic mass is 10.1. The van der Waals surface area contributed by atoms with Crippen LogP contribution in [0.1, 0.15) is 11.7 Å². The summed E-state index contributed by atoms with van der Waals surface area (Å²) in [5.74, 6) is -1.11. The number of anilines is 2. The Morgan fingerprint density at radius 2 is 2.04 bits per heavy atom.